The van der Waals surface area contributed by atoms with Gasteiger partial charge >= 0.3 is 0 Å². The molecule has 16 heavy (non-hydrogen) atoms. The van der Waals surface area contributed by atoms with Crippen molar-refractivity contribution in [3.63, 3.8) is 0 Å². The highest BCUT2D eigenvalue weighted by Crippen LogP contribution is 2.30. The van der Waals surface area contributed by atoms with Crippen LogP contribution in [0.1, 0.15) is 32.1 Å². The highest BCUT2D eigenvalue weighted by Gasteiger charge is 2.36. The molecule has 2 fully saturated rings. The molecule has 2 N–H and O–H groups in total. The van der Waals surface area contributed by atoms with Crippen molar-refractivity contribution in [2.45, 2.75) is 44.2 Å². The van der Waals surface area contributed by atoms with Crippen LogP contribution in [0.3, 0.4) is 0 Å². The van der Waals surface area contributed by atoms with Gasteiger partial charge in [0.2, 0.25) is 0 Å². The first-order valence-electron chi connectivity index (χ1n) is 6.28. The van der Waals surface area contributed by atoms with Crippen molar-refractivity contribution in [1.82, 2.24) is 4.90 Å². The molecule has 0 amide bonds. The lowest BCUT2D eigenvalue weighted by Crippen LogP contribution is -2.48. The normalized spacial score (nSPS) is 29.5. The van der Waals surface area contributed by atoms with Gasteiger partial charge in [-0.3, -0.25) is 4.90 Å². The van der Waals surface area contributed by atoms with Gasteiger partial charge in [-0.1, -0.05) is 6.42 Å². The van der Waals surface area contributed by atoms with Crippen LogP contribution in [0.5, 0.6) is 0 Å². The van der Waals surface area contributed by atoms with Crippen LogP contribution >= 0.6 is 0 Å². The van der Waals surface area contributed by atoms with Crippen LogP contribution in [0.4, 0.5) is 0 Å². The molecule has 94 valence electrons. The molecule has 2 rings (SSSR count). The highest BCUT2D eigenvalue weighted by atomic mass is 32.2. The summed E-state index contributed by atoms with van der Waals surface area (Å²) in [6, 6.07) is 0.895. The highest BCUT2D eigenvalue weighted by molar-refractivity contribution is 7.91. The zero-order chi connectivity index (χ0) is 11.6. The Morgan fingerprint density at radius 2 is 1.94 bits per heavy atom. The van der Waals surface area contributed by atoms with Gasteiger partial charge in [0.05, 0.1) is 11.5 Å². The summed E-state index contributed by atoms with van der Waals surface area (Å²) in [5.74, 6) is 0.748. The van der Waals surface area contributed by atoms with Gasteiger partial charge in [0.1, 0.15) is 0 Å². The van der Waals surface area contributed by atoms with E-state index in [0.29, 0.717) is 24.1 Å². The van der Waals surface area contributed by atoms with Crippen LogP contribution in [-0.4, -0.2) is 50.0 Å². The van der Waals surface area contributed by atoms with Crippen molar-refractivity contribution < 1.29 is 8.42 Å². The number of nitrogens with zero attached hydrogens (tertiary/aromatic N) is 1. The van der Waals surface area contributed by atoms with E-state index in [1.807, 2.05) is 0 Å². The van der Waals surface area contributed by atoms with Gasteiger partial charge in [0.25, 0.3) is 0 Å². The van der Waals surface area contributed by atoms with E-state index >= 15 is 0 Å². The van der Waals surface area contributed by atoms with Gasteiger partial charge in [-0.25, -0.2) is 8.42 Å². The molecular weight excluding hydrogens is 224 g/mol. The fourth-order valence-corrected chi connectivity index (χ4v) is 4.43. The Morgan fingerprint density at radius 3 is 2.38 bits per heavy atom. The summed E-state index contributed by atoms with van der Waals surface area (Å²) in [5.41, 5.74) is 5.54. The quantitative estimate of drug-likeness (QED) is 0.761. The van der Waals surface area contributed by atoms with E-state index in [-0.39, 0.29) is 6.04 Å². The van der Waals surface area contributed by atoms with Crippen LogP contribution in [0, 0.1) is 0 Å². The third kappa shape index (κ3) is 2.76. The second-order valence-corrected chi connectivity index (χ2v) is 7.25. The molecule has 0 radical (unpaired) electrons. The van der Waals surface area contributed by atoms with Crippen molar-refractivity contribution in [2.24, 2.45) is 5.73 Å². The van der Waals surface area contributed by atoms with Crippen molar-refractivity contribution >= 4 is 9.84 Å². The first-order valence-corrected chi connectivity index (χ1v) is 8.11. The van der Waals surface area contributed by atoms with E-state index in [4.69, 9.17) is 5.73 Å². The molecule has 1 atom stereocenters. The summed E-state index contributed by atoms with van der Waals surface area (Å²) < 4.78 is 23.0. The number of rotatable bonds is 5. The van der Waals surface area contributed by atoms with E-state index in [0.717, 1.165) is 19.4 Å². The molecular formula is C11H22N2O2S. The van der Waals surface area contributed by atoms with Gasteiger partial charge in [-0.15, -0.1) is 0 Å². The number of hydrogen-bond donors (Lipinski definition) is 1. The molecule has 0 aromatic rings. The first kappa shape index (κ1) is 12.3. The van der Waals surface area contributed by atoms with Crippen molar-refractivity contribution in [3.8, 4) is 0 Å². The largest absolute Gasteiger partial charge is 0.330 e. The molecule has 1 aliphatic carbocycles. The molecule has 1 saturated carbocycles. The Balaban J connectivity index is 1.95. The first-order chi connectivity index (χ1) is 7.62. The monoisotopic (exact) mass is 246 g/mol. The van der Waals surface area contributed by atoms with Crippen molar-refractivity contribution in [1.29, 1.82) is 0 Å². The van der Waals surface area contributed by atoms with Crippen LogP contribution in [0.15, 0.2) is 0 Å². The second kappa shape index (κ2) is 5.02. The number of hydrogen-bond acceptors (Lipinski definition) is 4. The lowest BCUT2D eigenvalue weighted by atomic mass is 9.90. The SMILES string of the molecule is NCCCN(C1CCC1)C1CCS(=O)(=O)C1. The van der Waals surface area contributed by atoms with Gasteiger partial charge < -0.3 is 5.73 Å². The van der Waals surface area contributed by atoms with Crippen LogP contribution in [-0.2, 0) is 9.84 Å². The van der Waals surface area contributed by atoms with E-state index in [1.54, 1.807) is 0 Å². The van der Waals surface area contributed by atoms with Crippen molar-refractivity contribution in [2.75, 3.05) is 24.6 Å². The lowest BCUT2D eigenvalue weighted by molar-refractivity contribution is 0.0889. The average molecular weight is 246 g/mol. The molecule has 1 heterocycles. The summed E-state index contributed by atoms with van der Waals surface area (Å²) in [6.07, 6.45) is 5.57. The minimum Gasteiger partial charge on any atom is -0.330 e. The molecule has 0 aromatic heterocycles. The zero-order valence-electron chi connectivity index (χ0n) is 9.77. The fraction of sp³-hybridized carbons (Fsp3) is 1.00. The Bertz CT molecular complexity index is 325. The summed E-state index contributed by atoms with van der Waals surface area (Å²) in [7, 11) is -2.76. The van der Waals surface area contributed by atoms with Crippen LogP contribution in [0.25, 0.3) is 0 Å². The predicted molar refractivity (Wildman–Crippen MR) is 65.1 cm³/mol. The molecule has 0 spiro atoms. The van der Waals surface area contributed by atoms with E-state index < -0.39 is 9.84 Å². The standard InChI is InChI=1S/C11H22N2O2S/c12-6-2-7-13(10-3-1-4-10)11-5-8-16(14,15)9-11/h10-11H,1-9,12H2. The fourth-order valence-electron chi connectivity index (χ4n) is 2.69. The maximum Gasteiger partial charge on any atom is 0.151 e. The summed E-state index contributed by atoms with van der Waals surface area (Å²) in [6.45, 7) is 1.67. The zero-order valence-corrected chi connectivity index (χ0v) is 10.6. The van der Waals surface area contributed by atoms with Crippen molar-refractivity contribution in [3.05, 3.63) is 0 Å². The topological polar surface area (TPSA) is 63.4 Å². The maximum atomic E-state index is 11.5. The van der Waals surface area contributed by atoms with Gasteiger partial charge in [-0.2, -0.15) is 0 Å². The van der Waals surface area contributed by atoms with Gasteiger partial charge in [0.15, 0.2) is 9.84 Å². The molecule has 1 unspecified atom stereocenters. The molecule has 1 aliphatic heterocycles. The van der Waals surface area contributed by atoms with Gasteiger partial charge in [-0.05, 0) is 38.8 Å². The van der Waals surface area contributed by atoms with Crippen LogP contribution < -0.4 is 5.73 Å². The Kier molecular flexibility index (Phi) is 3.87. The third-order valence-electron chi connectivity index (χ3n) is 3.84. The molecule has 4 nitrogen and oxygen atoms in total. The Labute approximate surface area is 98.1 Å². The Hall–Kier alpha value is -0.130. The van der Waals surface area contributed by atoms with E-state index in [1.165, 1.54) is 19.3 Å². The predicted octanol–water partition coefficient (Wildman–Crippen LogP) is 0.377. The summed E-state index contributed by atoms with van der Waals surface area (Å²) in [5, 5.41) is 0. The second-order valence-electron chi connectivity index (χ2n) is 5.02. The lowest BCUT2D eigenvalue weighted by Gasteiger charge is -2.41. The Morgan fingerprint density at radius 1 is 1.19 bits per heavy atom. The molecule has 2 aliphatic rings. The molecule has 1 saturated heterocycles. The smallest absolute Gasteiger partial charge is 0.151 e. The minimum absolute atomic E-state index is 0.266. The average Bonchev–Trinajstić information content (AvgIpc) is 2.50. The summed E-state index contributed by atoms with van der Waals surface area (Å²) in [4.78, 5) is 2.42. The van der Waals surface area contributed by atoms with E-state index in [9.17, 15) is 8.42 Å². The number of sulfone groups is 1. The van der Waals surface area contributed by atoms with Crippen LogP contribution in [0.2, 0.25) is 0 Å². The number of nitrogens with two attached hydrogens (primary N) is 1. The molecule has 0 aromatic carbocycles. The molecule has 5 heteroatoms. The van der Waals surface area contributed by atoms with E-state index in [2.05, 4.69) is 4.90 Å². The minimum atomic E-state index is -2.76. The summed E-state index contributed by atoms with van der Waals surface area (Å²) >= 11 is 0. The third-order valence-corrected chi connectivity index (χ3v) is 5.59. The maximum absolute atomic E-state index is 11.5. The molecule has 0 bridgehead atoms. The van der Waals surface area contributed by atoms with Gasteiger partial charge in [0, 0.05) is 12.1 Å².